The average molecular weight is 293 g/mol. The second-order valence-corrected chi connectivity index (χ2v) is 4.85. The number of benzene rings is 1. The van der Waals surface area contributed by atoms with E-state index in [9.17, 15) is 9.59 Å². The van der Waals surface area contributed by atoms with Crippen molar-refractivity contribution in [1.82, 2.24) is 4.90 Å². The molecule has 0 fully saturated rings. The molecule has 1 rings (SSSR count). The number of hydrogen-bond donors (Lipinski definition) is 2. The van der Waals surface area contributed by atoms with Crippen LogP contribution in [-0.2, 0) is 20.9 Å². The van der Waals surface area contributed by atoms with E-state index in [2.05, 4.69) is 0 Å². The number of rotatable bonds is 9. The normalized spacial score (nSPS) is 11.9. The van der Waals surface area contributed by atoms with Crippen LogP contribution in [0.3, 0.4) is 0 Å². The minimum Gasteiger partial charge on any atom is -0.385 e. The molecule has 0 heterocycles. The molecule has 1 unspecified atom stereocenters. The van der Waals surface area contributed by atoms with Gasteiger partial charge in [0.15, 0.2) is 0 Å². The van der Waals surface area contributed by atoms with Gasteiger partial charge in [-0.05, 0) is 12.0 Å². The molecule has 1 aromatic rings. The minimum atomic E-state index is -0.637. The van der Waals surface area contributed by atoms with Gasteiger partial charge in [0.1, 0.15) is 0 Å². The molecule has 6 nitrogen and oxygen atoms in total. The maximum Gasteiger partial charge on any atom is 0.239 e. The Labute approximate surface area is 125 Å². The number of ether oxygens (including phenoxy) is 1. The smallest absolute Gasteiger partial charge is 0.239 e. The van der Waals surface area contributed by atoms with Crippen molar-refractivity contribution in [2.24, 2.45) is 11.5 Å². The maximum absolute atomic E-state index is 12.4. The molecule has 21 heavy (non-hydrogen) atoms. The lowest BCUT2D eigenvalue weighted by Gasteiger charge is -2.25. The summed E-state index contributed by atoms with van der Waals surface area (Å²) < 4.78 is 4.93. The van der Waals surface area contributed by atoms with Crippen LogP contribution in [0.15, 0.2) is 30.3 Å². The third-order valence-corrected chi connectivity index (χ3v) is 3.11. The quantitative estimate of drug-likeness (QED) is 0.682. The fraction of sp³-hybridized carbons (Fsp3) is 0.467. The first-order valence-corrected chi connectivity index (χ1v) is 6.90. The van der Waals surface area contributed by atoms with E-state index in [-0.39, 0.29) is 18.9 Å². The molecule has 1 aromatic carbocycles. The van der Waals surface area contributed by atoms with Crippen molar-refractivity contribution < 1.29 is 14.3 Å². The van der Waals surface area contributed by atoms with E-state index in [1.54, 1.807) is 12.0 Å². The molecule has 0 aliphatic heterocycles. The van der Waals surface area contributed by atoms with Crippen molar-refractivity contribution in [2.45, 2.75) is 25.4 Å². The third-order valence-electron chi connectivity index (χ3n) is 3.11. The van der Waals surface area contributed by atoms with Gasteiger partial charge in [0, 0.05) is 33.2 Å². The van der Waals surface area contributed by atoms with Crippen LogP contribution in [0, 0.1) is 0 Å². The van der Waals surface area contributed by atoms with Crippen molar-refractivity contribution in [3.05, 3.63) is 35.9 Å². The van der Waals surface area contributed by atoms with Crippen LogP contribution in [0.1, 0.15) is 18.4 Å². The molecule has 0 aromatic heterocycles. The standard InChI is InChI=1S/C15H23N3O3/c1-21-10-8-13(16)15(20)18(9-7-14(17)19)11-12-5-3-2-4-6-12/h2-6,13H,7-11,16H2,1H3,(H2,17,19). The zero-order chi connectivity index (χ0) is 15.7. The molecule has 0 radical (unpaired) electrons. The van der Waals surface area contributed by atoms with Gasteiger partial charge in [0.05, 0.1) is 6.04 Å². The van der Waals surface area contributed by atoms with E-state index in [1.807, 2.05) is 30.3 Å². The molecule has 0 aliphatic rings. The molecule has 0 aliphatic carbocycles. The summed E-state index contributed by atoms with van der Waals surface area (Å²) in [5.74, 6) is -0.636. The Morgan fingerprint density at radius 1 is 1.29 bits per heavy atom. The zero-order valence-corrected chi connectivity index (χ0v) is 12.3. The molecule has 4 N–H and O–H groups in total. The highest BCUT2D eigenvalue weighted by Crippen LogP contribution is 2.08. The largest absolute Gasteiger partial charge is 0.385 e. The number of primary amides is 1. The minimum absolute atomic E-state index is 0.121. The van der Waals surface area contributed by atoms with Crippen molar-refractivity contribution in [1.29, 1.82) is 0 Å². The number of carbonyl (C=O) groups excluding carboxylic acids is 2. The Morgan fingerprint density at radius 2 is 1.95 bits per heavy atom. The molecular weight excluding hydrogens is 270 g/mol. The second-order valence-electron chi connectivity index (χ2n) is 4.85. The second kappa shape index (κ2) is 9.10. The van der Waals surface area contributed by atoms with E-state index in [4.69, 9.17) is 16.2 Å². The number of carbonyl (C=O) groups is 2. The Balaban J connectivity index is 2.71. The monoisotopic (exact) mass is 293 g/mol. The van der Waals surface area contributed by atoms with Crippen LogP contribution in [0.2, 0.25) is 0 Å². The first-order valence-electron chi connectivity index (χ1n) is 6.90. The number of methoxy groups -OCH3 is 1. The zero-order valence-electron chi connectivity index (χ0n) is 12.3. The van der Waals surface area contributed by atoms with E-state index in [0.29, 0.717) is 19.6 Å². The first kappa shape index (κ1) is 17.1. The van der Waals surface area contributed by atoms with Crippen LogP contribution < -0.4 is 11.5 Å². The van der Waals surface area contributed by atoms with Crippen LogP contribution >= 0.6 is 0 Å². The van der Waals surface area contributed by atoms with E-state index < -0.39 is 11.9 Å². The van der Waals surface area contributed by atoms with Gasteiger partial charge in [-0.1, -0.05) is 30.3 Å². The fourth-order valence-corrected chi connectivity index (χ4v) is 1.92. The lowest BCUT2D eigenvalue weighted by atomic mass is 10.1. The highest BCUT2D eigenvalue weighted by Gasteiger charge is 2.21. The molecule has 0 saturated heterocycles. The molecule has 0 spiro atoms. The predicted octanol–water partition coefficient (Wildman–Crippen LogP) is 0.254. The maximum atomic E-state index is 12.4. The Bertz CT molecular complexity index is 451. The van der Waals surface area contributed by atoms with Gasteiger partial charge >= 0.3 is 0 Å². The SMILES string of the molecule is COCCC(N)C(=O)N(CCC(N)=O)Cc1ccccc1. The van der Waals surface area contributed by atoms with Crippen LogP contribution in [0.25, 0.3) is 0 Å². The van der Waals surface area contributed by atoms with E-state index >= 15 is 0 Å². The number of amides is 2. The van der Waals surface area contributed by atoms with E-state index in [1.165, 1.54) is 0 Å². The summed E-state index contributed by atoms with van der Waals surface area (Å²) in [5, 5.41) is 0. The summed E-state index contributed by atoms with van der Waals surface area (Å²) in [6.07, 6.45) is 0.562. The molecule has 1 atom stereocenters. The fourth-order valence-electron chi connectivity index (χ4n) is 1.92. The van der Waals surface area contributed by atoms with Crippen molar-refractivity contribution in [3.8, 4) is 0 Å². The topological polar surface area (TPSA) is 98.7 Å². The molecule has 0 saturated carbocycles. The summed E-state index contributed by atoms with van der Waals surface area (Å²) in [6.45, 7) is 1.10. The van der Waals surface area contributed by atoms with Gasteiger partial charge < -0.3 is 21.1 Å². The highest BCUT2D eigenvalue weighted by molar-refractivity contribution is 5.82. The number of nitrogens with two attached hydrogens (primary N) is 2. The first-order chi connectivity index (χ1) is 10.0. The predicted molar refractivity (Wildman–Crippen MR) is 80.1 cm³/mol. The van der Waals surface area contributed by atoms with E-state index in [0.717, 1.165) is 5.56 Å². The van der Waals surface area contributed by atoms with Crippen LogP contribution in [-0.4, -0.2) is 43.0 Å². The van der Waals surface area contributed by atoms with Crippen LogP contribution in [0.5, 0.6) is 0 Å². The van der Waals surface area contributed by atoms with Crippen molar-refractivity contribution >= 4 is 11.8 Å². The molecular formula is C15H23N3O3. The van der Waals surface area contributed by atoms with Gasteiger partial charge in [0.2, 0.25) is 11.8 Å². The molecule has 116 valence electrons. The van der Waals surface area contributed by atoms with Gasteiger partial charge in [-0.2, -0.15) is 0 Å². The summed E-state index contributed by atoms with van der Waals surface area (Å²) in [5.41, 5.74) is 12.0. The lowest BCUT2D eigenvalue weighted by Crippen LogP contribution is -2.45. The highest BCUT2D eigenvalue weighted by atomic mass is 16.5. The van der Waals surface area contributed by atoms with Gasteiger partial charge in [0.25, 0.3) is 0 Å². The van der Waals surface area contributed by atoms with Gasteiger partial charge in [-0.3, -0.25) is 9.59 Å². The summed E-state index contributed by atoms with van der Waals surface area (Å²) >= 11 is 0. The Hall–Kier alpha value is -1.92. The van der Waals surface area contributed by atoms with Gasteiger partial charge in [-0.15, -0.1) is 0 Å². The number of hydrogen-bond acceptors (Lipinski definition) is 4. The molecule has 6 heteroatoms. The summed E-state index contributed by atoms with van der Waals surface area (Å²) in [6, 6.07) is 8.91. The molecule has 0 bridgehead atoms. The summed E-state index contributed by atoms with van der Waals surface area (Å²) in [7, 11) is 1.56. The Kier molecular flexibility index (Phi) is 7.42. The van der Waals surface area contributed by atoms with Crippen molar-refractivity contribution in [3.63, 3.8) is 0 Å². The Morgan fingerprint density at radius 3 is 2.52 bits per heavy atom. The third kappa shape index (κ3) is 6.37. The lowest BCUT2D eigenvalue weighted by molar-refractivity contribution is -0.134. The number of nitrogens with zero attached hydrogens (tertiary/aromatic N) is 1. The van der Waals surface area contributed by atoms with Crippen LogP contribution in [0.4, 0.5) is 0 Å². The molecule has 2 amide bonds. The average Bonchev–Trinajstić information content (AvgIpc) is 2.49. The van der Waals surface area contributed by atoms with Crippen molar-refractivity contribution in [2.75, 3.05) is 20.3 Å². The summed E-state index contributed by atoms with van der Waals surface area (Å²) in [4.78, 5) is 24.9. The van der Waals surface area contributed by atoms with Gasteiger partial charge in [-0.25, -0.2) is 0 Å².